The van der Waals surface area contributed by atoms with E-state index < -0.39 is 5.91 Å². The topological polar surface area (TPSA) is 90.4 Å². The summed E-state index contributed by atoms with van der Waals surface area (Å²) in [6.07, 6.45) is 1.37. The van der Waals surface area contributed by atoms with Gasteiger partial charge in [0, 0.05) is 21.1 Å². The molecule has 2 aromatic rings. The molecule has 0 aliphatic carbocycles. The van der Waals surface area contributed by atoms with Crippen LogP contribution in [0, 0.1) is 0 Å². The fourth-order valence-corrected chi connectivity index (χ4v) is 2.05. The Balaban J connectivity index is 2.05. The molecule has 0 spiro atoms. The monoisotopic (exact) mass is 364 g/mol. The second-order valence-electron chi connectivity index (χ2n) is 5.82. The van der Waals surface area contributed by atoms with Crippen LogP contribution in [0.15, 0.2) is 33.8 Å². The molecule has 0 saturated heterocycles. The number of phenols is 1. The Morgan fingerprint density at radius 3 is 2.77 bits per heavy atom. The number of hydrazone groups is 1. The van der Waals surface area contributed by atoms with E-state index in [-0.39, 0.29) is 16.9 Å². The Kier molecular flexibility index (Phi) is 4.65. The van der Waals surface area contributed by atoms with Gasteiger partial charge in [-0.05, 0) is 24.3 Å². The van der Waals surface area contributed by atoms with E-state index in [4.69, 9.17) is 0 Å². The third kappa shape index (κ3) is 3.94. The number of carbonyl (C=O) groups is 1. The minimum atomic E-state index is -0.419. The number of H-pyrrole nitrogens is 1. The second kappa shape index (κ2) is 6.31. The van der Waals surface area contributed by atoms with Crippen molar-refractivity contribution in [2.75, 3.05) is 0 Å². The minimum absolute atomic E-state index is 0.0796. The summed E-state index contributed by atoms with van der Waals surface area (Å²) in [6.45, 7) is 6.07. The first-order valence-electron chi connectivity index (χ1n) is 6.65. The van der Waals surface area contributed by atoms with Crippen molar-refractivity contribution in [1.82, 2.24) is 15.6 Å². The van der Waals surface area contributed by atoms with E-state index in [1.807, 2.05) is 20.8 Å². The molecular weight excluding hydrogens is 348 g/mol. The zero-order valence-electron chi connectivity index (χ0n) is 12.5. The zero-order chi connectivity index (χ0) is 16.3. The first-order valence-corrected chi connectivity index (χ1v) is 7.44. The van der Waals surface area contributed by atoms with Crippen LogP contribution in [0.1, 0.15) is 42.5 Å². The van der Waals surface area contributed by atoms with Crippen LogP contribution in [-0.4, -0.2) is 27.4 Å². The molecule has 0 radical (unpaired) electrons. The number of carbonyl (C=O) groups excluding carboxylic acids is 1. The summed E-state index contributed by atoms with van der Waals surface area (Å²) in [5, 5.41) is 20.3. The molecule has 3 N–H and O–H groups in total. The number of hydrogen-bond acceptors (Lipinski definition) is 4. The number of aromatic amines is 1. The molecule has 0 aliphatic rings. The van der Waals surface area contributed by atoms with Gasteiger partial charge in [-0.2, -0.15) is 10.2 Å². The Morgan fingerprint density at radius 2 is 2.14 bits per heavy atom. The lowest BCUT2D eigenvalue weighted by molar-refractivity contribution is 0.0950. The maximum absolute atomic E-state index is 11.9. The van der Waals surface area contributed by atoms with Gasteiger partial charge in [0.25, 0.3) is 5.91 Å². The second-order valence-corrected chi connectivity index (χ2v) is 6.73. The van der Waals surface area contributed by atoms with Gasteiger partial charge in [0.2, 0.25) is 0 Å². The molecule has 0 fully saturated rings. The van der Waals surface area contributed by atoms with E-state index in [0.717, 1.165) is 10.2 Å². The first-order chi connectivity index (χ1) is 10.3. The van der Waals surface area contributed by atoms with Crippen LogP contribution in [-0.2, 0) is 5.41 Å². The Labute approximate surface area is 136 Å². The lowest BCUT2D eigenvalue weighted by Gasteiger charge is -2.14. The quantitative estimate of drug-likeness (QED) is 0.577. The predicted octanol–water partition coefficient (Wildman–Crippen LogP) is 2.94. The van der Waals surface area contributed by atoms with Gasteiger partial charge < -0.3 is 5.11 Å². The number of aromatic nitrogens is 2. The summed E-state index contributed by atoms with van der Waals surface area (Å²) in [6, 6.07) is 6.64. The average Bonchev–Trinajstić information content (AvgIpc) is 2.92. The molecule has 0 aliphatic heterocycles. The van der Waals surface area contributed by atoms with Crippen LogP contribution in [0.5, 0.6) is 5.75 Å². The molecule has 1 aromatic carbocycles. The van der Waals surface area contributed by atoms with Gasteiger partial charge >= 0.3 is 0 Å². The van der Waals surface area contributed by atoms with E-state index in [2.05, 4.69) is 36.7 Å². The molecule has 0 saturated carbocycles. The van der Waals surface area contributed by atoms with Crippen LogP contribution in [0.25, 0.3) is 0 Å². The number of benzene rings is 1. The van der Waals surface area contributed by atoms with Gasteiger partial charge in [0.15, 0.2) is 5.69 Å². The molecule has 1 aromatic heterocycles. The van der Waals surface area contributed by atoms with Gasteiger partial charge in [-0.1, -0.05) is 36.7 Å². The van der Waals surface area contributed by atoms with Gasteiger partial charge in [-0.15, -0.1) is 0 Å². The summed E-state index contributed by atoms with van der Waals surface area (Å²) in [7, 11) is 0. The molecule has 22 heavy (non-hydrogen) atoms. The molecule has 1 heterocycles. The highest BCUT2D eigenvalue weighted by Crippen LogP contribution is 2.21. The first kappa shape index (κ1) is 16.2. The number of nitrogens with zero attached hydrogens (tertiary/aromatic N) is 2. The van der Waals surface area contributed by atoms with E-state index >= 15 is 0 Å². The Morgan fingerprint density at radius 1 is 1.41 bits per heavy atom. The summed E-state index contributed by atoms with van der Waals surface area (Å²) in [4.78, 5) is 11.9. The van der Waals surface area contributed by atoms with Crippen LogP contribution in [0.3, 0.4) is 0 Å². The summed E-state index contributed by atoms with van der Waals surface area (Å²) >= 11 is 3.30. The third-order valence-corrected chi connectivity index (χ3v) is 3.47. The molecule has 0 unspecified atom stereocenters. The molecule has 0 bridgehead atoms. The summed E-state index contributed by atoms with van der Waals surface area (Å²) in [5.74, 6) is -0.339. The standard InChI is InChI=1S/C15H17BrN4O2/c1-15(2,3)13-7-11(18-19-13)14(22)20-17-8-9-6-10(16)4-5-12(9)21/h4-8,21H,1-3H3,(H,18,19)(H,20,22)/b17-8+. The number of phenolic OH excluding ortho intramolecular Hbond substituents is 1. The van der Waals surface area contributed by atoms with E-state index in [1.165, 1.54) is 12.3 Å². The van der Waals surface area contributed by atoms with Crippen molar-refractivity contribution in [2.24, 2.45) is 5.10 Å². The maximum atomic E-state index is 11.9. The minimum Gasteiger partial charge on any atom is -0.507 e. The number of nitrogens with one attached hydrogen (secondary N) is 2. The molecule has 1 amide bonds. The molecule has 116 valence electrons. The Hall–Kier alpha value is -2.15. The largest absolute Gasteiger partial charge is 0.507 e. The Bertz CT molecular complexity index is 717. The number of aromatic hydroxyl groups is 1. The van der Waals surface area contributed by atoms with Gasteiger partial charge in [0.1, 0.15) is 5.75 Å². The normalized spacial score (nSPS) is 11.8. The third-order valence-electron chi connectivity index (χ3n) is 2.98. The van der Waals surface area contributed by atoms with E-state index in [1.54, 1.807) is 18.2 Å². The molecule has 7 heteroatoms. The zero-order valence-corrected chi connectivity index (χ0v) is 14.1. The van der Waals surface area contributed by atoms with Crippen molar-refractivity contribution in [2.45, 2.75) is 26.2 Å². The molecular formula is C15H17BrN4O2. The average molecular weight is 365 g/mol. The fourth-order valence-electron chi connectivity index (χ4n) is 1.67. The van der Waals surface area contributed by atoms with E-state index in [0.29, 0.717) is 5.56 Å². The van der Waals surface area contributed by atoms with Crippen molar-refractivity contribution in [3.8, 4) is 5.75 Å². The van der Waals surface area contributed by atoms with Gasteiger partial charge in [0.05, 0.1) is 6.21 Å². The fraction of sp³-hybridized carbons (Fsp3) is 0.267. The highest BCUT2D eigenvalue weighted by molar-refractivity contribution is 9.10. The van der Waals surface area contributed by atoms with Crippen molar-refractivity contribution >= 4 is 28.1 Å². The molecule has 0 atom stereocenters. The molecule has 6 nitrogen and oxygen atoms in total. The van der Waals surface area contributed by atoms with Crippen molar-refractivity contribution < 1.29 is 9.90 Å². The van der Waals surface area contributed by atoms with Crippen LogP contribution < -0.4 is 5.43 Å². The predicted molar refractivity (Wildman–Crippen MR) is 88.2 cm³/mol. The van der Waals surface area contributed by atoms with Gasteiger partial charge in [-0.25, -0.2) is 5.43 Å². The number of halogens is 1. The van der Waals surface area contributed by atoms with Crippen LogP contribution in [0.2, 0.25) is 0 Å². The van der Waals surface area contributed by atoms with Crippen molar-refractivity contribution in [1.29, 1.82) is 0 Å². The van der Waals surface area contributed by atoms with Crippen LogP contribution >= 0.6 is 15.9 Å². The number of amides is 1. The summed E-state index contributed by atoms with van der Waals surface area (Å²) < 4.78 is 0.806. The molecule has 2 rings (SSSR count). The highest BCUT2D eigenvalue weighted by Gasteiger charge is 2.19. The van der Waals surface area contributed by atoms with Gasteiger partial charge in [-0.3, -0.25) is 9.89 Å². The van der Waals surface area contributed by atoms with Crippen LogP contribution in [0.4, 0.5) is 0 Å². The number of hydrogen-bond donors (Lipinski definition) is 3. The lowest BCUT2D eigenvalue weighted by Crippen LogP contribution is -2.18. The summed E-state index contributed by atoms with van der Waals surface area (Å²) in [5.41, 5.74) is 3.89. The lowest BCUT2D eigenvalue weighted by atomic mass is 9.92. The highest BCUT2D eigenvalue weighted by atomic mass is 79.9. The van der Waals surface area contributed by atoms with Crippen molar-refractivity contribution in [3.63, 3.8) is 0 Å². The van der Waals surface area contributed by atoms with Crippen molar-refractivity contribution in [3.05, 3.63) is 45.7 Å². The van der Waals surface area contributed by atoms with E-state index in [9.17, 15) is 9.90 Å². The smallest absolute Gasteiger partial charge is 0.291 e. The maximum Gasteiger partial charge on any atom is 0.291 e. The number of rotatable bonds is 3. The SMILES string of the molecule is CC(C)(C)c1cc(C(=O)N/N=C/c2cc(Br)ccc2O)n[nH]1.